The Morgan fingerprint density at radius 1 is 0.971 bits per heavy atom. The zero-order valence-electron chi connectivity index (χ0n) is 19.3. The van der Waals surface area contributed by atoms with Gasteiger partial charge in [-0.05, 0) is 68.0 Å². The van der Waals surface area contributed by atoms with E-state index in [0.717, 1.165) is 44.6 Å². The Kier molecular flexibility index (Phi) is 7.98. The van der Waals surface area contributed by atoms with Crippen molar-refractivity contribution in [2.45, 2.75) is 38.6 Å². The van der Waals surface area contributed by atoms with Crippen LogP contribution in [-0.2, 0) is 11.3 Å². The number of halogens is 3. The van der Waals surface area contributed by atoms with Crippen LogP contribution in [0.4, 0.5) is 18.9 Å². The molecule has 2 heterocycles. The molecule has 2 aromatic carbocycles. The van der Waals surface area contributed by atoms with Crippen molar-refractivity contribution in [1.29, 1.82) is 0 Å². The number of amides is 1. The average Bonchev–Trinajstić information content (AvgIpc) is 3.26. The molecule has 0 saturated carbocycles. The lowest BCUT2D eigenvalue weighted by Gasteiger charge is -2.33. The van der Waals surface area contributed by atoms with Gasteiger partial charge < -0.3 is 15.0 Å². The summed E-state index contributed by atoms with van der Waals surface area (Å²) >= 11 is 0. The molecular weight excluding hydrogens is 443 g/mol. The molecule has 5 nitrogen and oxygen atoms in total. The smallest absolute Gasteiger partial charge is 0.406 e. The predicted molar refractivity (Wildman–Crippen MR) is 126 cm³/mol. The van der Waals surface area contributed by atoms with Crippen LogP contribution in [0.5, 0.6) is 5.75 Å². The second-order valence-electron chi connectivity index (χ2n) is 9.26. The molecule has 0 bridgehead atoms. The molecule has 2 aliphatic rings. The van der Waals surface area contributed by atoms with Crippen molar-refractivity contribution >= 4 is 11.6 Å². The summed E-state index contributed by atoms with van der Waals surface area (Å²) in [4.78, 5) is 17.2. The second kappa shape index (κ2) is 11.1. The van der Waals surface area contributed by atoms with Crippen LogP contribution in [0.25, 0.3) is 0 Å². The third-order valence-electron chi connectivity index (χ3n) is 6.77. The van der Waals surface area contributed by atoms with Gasteiger partial charge in [0, 0.05) is 44.3 Å². The van der Waals surface area contributed by atoms with E-state index in [1.807, 2.05) is 6.07 Å². The molecule has 0 aromatic heterocycles. The normalized spacial score (nSPS) is 19.9. The molecule has 0 aliphatic carbocycles. The van der Waals surface area contributed by atoms with Gasteiger partial charge in [-0.3, -0.25) is 9.69 Å². The van der Waals surface area contributed by atoms with E-state index in [4.69, 9.17) is 0 Å². The van der Waals surface area contributed by atoms with E-state index < -0.39 is 6.36 Å². The summed E-state index contributed by atoms with van der Waals surface area (Å²) < 4.78 is 40.9. The molecule has 2 aliphatic heterocycles. The number of hydrogen-bond donors (Lipinski definition) is 1. The summed E-state index contributed by atoms with van der Waals surface area (Å²) in [6, 6.07) is 16.4. The van der Waals surface area contributed by atoms with Crippen LogP contribution in [-0.4, -0.2) is 49.9 Å². The number of carbonyl (C=O) groups excluding carboxylic acids is 1. The lowest BCUT2D eigenvalue weighted by atomic mass is 9.95. The Labute approximate surface area is 198 Å². The lowest BCUT2D eigenvalue weighted by Crippen LogP contribution is -2.41. The third-order valence-corrected chi connectivity index (χ3v) is 6.77. The lowest BCUT2D eigenvalue weighted by molar-refractivity contribution is -0.274. The SMILES string of the molecule is O=C(NCC[C@@H]1CCN(Cc2ccccc2)C1)C1CCN(c2ccc(OC(F)(F)F)cc2)CC1. The minimum atomic E-state index is -4.69. The first-order chi connectivity index (χ1) is 16.4. The zero-order valence-corrected chi connectivity index (χ0v) is 19.3. The van der Waals surface area contributed by atoms with Gasteiger partial charge in [0.25, 0.3) is 0 Å². The molecule has 2 saturated heterocycles. The van der Waals surface area contributed by atoms with Crippen molar-refractivity contribution in [1.82, 2.24) is 10.2 Å². The fraction of sp³-hybridized carbons (Fsp3) is 0.500. The van der Waals surface area contributed by atoms with Gasteiger partial charge in [-0.1, -0.05) is 30.3 Å². The molecule has 34 heavy (non-hydrogen) atoms. The number of anilines is 1. The number of likely N-dealkylation sites (tertiary alicyclic amines) is 1. The van der Waals surface area contributed by atoms with Gasteiger partial charge in [0.15, 0.2) is 0 Å². The average molecular weight is 476 g/mol. The third kappa shape index (κ3) is 7.13. The van der Waals surface area contributed by atoms with Crippen LogP contribution in [0.3, 0.4) is 0 Å². The van der Waals surface area contributed by atoms with E-state index in [-0.39, 0.29) is 17.6 Å². The maximum Gasteiger partial charge on any atom is 0.573 e. The fourth-order valence-corrected chi connectivity index (χ4v) is 4.94. The Balaban J connectivity index is 1.13. The first kappa shape index (κ1) is 24.4. The minimum Gasteiger partial charge on any atom is -0.406 e. The Hall–Kier alpha value is -2.74. The van der Waals surface area contributed by atoms with Crippen LogP contribution < -0.4 is 15.0 Å². The fourth-order valence-electron chi connectivity index (χ4n) is 4.94. The van der Waals surface area contributed by atoms with Crippen molar-refractivity contribution in [3.63, 3.8) is 0 Å². The number of piperidine rings is 1. The number of hydrogen-bond acceptors (Lipinski definition) is 4. The van der Waals surface area contributed by atoms with Gasteiger partial charge in [-0.25, -0.2) is 0 Å². The summed E-state index contributed by atoms with van der Waals surface area (Å²) in [6.07, 6.45) is -1.04. The maximum atomic E-state index is 12.6. The molecule has 0 spiro atoms. The Morgan fingerprint density at radius 2 is 1.68 bits per heavy atom. The maximum absolute atomic E-state index is 12.6. The van der Waals surface area contributed by atoms with Crippen molar-refractivity contribution in [2.75, 3.05) is 37.6 Å². The van der Waals surface area contributed by atoms with E-state index in [1.165, 1.54) is 24.1 Å². The van der Waals surface area contributed by atoms with Crippen LogP contribution in [0.1, 0.15) is 31.2 Å². The van der Waals surface area contributed by atoms with Crippen LogP contribution in [0.15, 0.2) is 54.6 Å². The summed E-state index contributed by atoms with van der Waals surface area (Å²) in [5.74, 6) is 0.501. The number of rotatable bonds is 8. The molecular formula is C26H32F3N3O2. The number of benzene rings is 2. The number of nitrogens with one attached hydrogen (secondary N) is 1. The second-order valence-corrected chi connectivity index (χ2v) is 9.26. The monoisotopic (exact) mass is 475 g/mol. The van der Waals surface area contributed by atoms with Gasteiger partial charge in [0.05, 0.1) is 0 Å². The number of alkyl halides is 3. The van der Waals surface area contributed by atoms with Crippen LogP contribution in [0.2, 0.25) is 0 Å². The van der Waals surface area contributed by atoms with E-state index in [9.17, 15) is 18.0 Å². The highest BCUT2D eigenvalue weighted by Crippen LogP contribution is 2.28. The van der Waals surface area contributed by atoms with Crippen molar-refractivity contribution in [3.8, 4) is 5.75 Å². The summed E-state index contributed by atoms with van der Waals surface area (Å²) in [6.45, 7) is 5.29. The van der Waals surface area contributed by atoms with Crippen molar-refractivity contribution < 1.29 is 22.7 Å². The predicted octanol–water partition coefficient (Wildman–Crippen LogP) is 4.83. The van der Waals surface area contributed by atoms with E-state index in [2.05, 4.69) is 44.1 Å². The number of carbonyl (C=O) groups is 1. The van der Waals surface area contributed by atoms with Gasteiger partial charge >= 0.3 is 6.36 Å². The van der Waals surface area contributed by atoms with E-state index in [1.54, 1.807) is 12.1 Å². The van der Waals surface area contributed by atoms with E-state index >= 15 is 0 Å². The number of nitrogens with zero attached hydrogens (tertiary/aromatic N) is 2. The van der Waals surface area contributed by atoms with Crippen molar-refractivity contribution in [2.24, 2.45) is 11.8 Å². The summed E-state index contributed by atoms with van der Waals surface area (Å²) in [7, 11) is 0. The van der Waals surface area contributed by atoms with Gasteiger partial charge in [-0.2, -0.15) is 0 Å². The topological polar surface area (TPSA) is 44.8 Å². The highest BCUT2D eigenvalue weighted by Gasteiger charge is 2.31. The first-order valence-corrected chi connectivity index (χ1v) is 12.0. The molecule has 2 fully saturated rings. The van der Waals surface area contributed by atoms with E-state index in [0.29, 0.717) is 25.6 Å². The van der Waals surface area contributed by atoms with Gasteiger partial charge in [-0.15, -0.1) is 13.2 Å². The molecule has 8 heteroatoms. The molecule has 0 radical (unpaired) electrons. The highest BCUT2D eigenvalue weighted by molar-refractivity contribution is 5.79. The molecule has 184 valence electrons. The largest absolute Gasteiger partial charge is 0.573 e. The quantitative estimate of drug-likeness (QED) is 0.594. The Bertz CT molecular complexity index is 913. The molecule has 4 rings (SSSR count). The van der Waals surface area contributed by atoms with Crippen LogP contribution >= 0.6 is 0 Å². The van der Waals surface area contributed by atoms with Gasteiger partial charge in [0.2, 0.25) is 5.91 Å². The molecule has 1 N–H and O–H groups in total. The van der Waals surface area contributed by atoms with Crippen LogP contribution in [0, 0.1) is 11.8 Å². The van der Waals surface area contributed by atoms with Gasteiger partial charge in [0.1, 0.15) is 5.75 Å². The summed E-state index contributed by atoms with van der Waals surface area (Å²) in [5.41, 5.74) is 2.18. The number of ether oxygens (including phenoxy) is 1. The highest BCUT2D eigenvalue weighted by atomic mass is 19.4. The summed E-state index contributed by atoms with van der Waals surface area (Å²) in [5, 5.41) is 3.13. The van der Waals surface area contributed by atoms with Crippen molar-refractivity contribution in [3.05, 3.63) is 60.2 Å². The molecule has 1 atom stereocenters. The minimum absolute atomic E-state index is 0.0118. The Morgan fingerprint density at radius 3 is 2.35 bits per heavy atom. The standard InChI is InChI=1S/C26H32F3N3O2/c27-26(28,29)34-24-8-6-23(7-9-24)32-16-12-22(13-17-32)25(33)30-14-10-21-11-15-31(19-21)18-20-4-2-1-3-5-20/h1-9,21-22H,10-19H2,(H,30,33)/t21-/m1/s1. The zero-order chi connectivity index (χ0) is 24.0. The molecule has 2 aromatic rings. The first-order valence-electron chi connectivity index (χ1n) is 12.0. The molecule has 1 amide bonds. The molecule has 0 unspecified atom stereocenters.